The Balaban J connectivity index is 2.09. The lowest BCUT2D eigenvalue weighted by molar-refractivity contribution is -0.121. The summed E-state index contributed by atoms with van der Waals surface area (Å²) in [5.41, 5.74) is 6.22. The number of rotatable bonds is 8. The number of nitrogens with zero attached hydrogens (tertiary/aromatic N) is 3. The third kappa shape index (κ3) is 5.44. The van der Waals surface area contributed by atoms with Gasteiger partial charge in [0.2, 0.25) is 5.91 Å². The van der Waals surface area contributed by atoms with Gasteiger partial charge < -0.3 is 11.1 Å². The van der Waals surface area contributed by atoms with E-state index < -0.39 is 0 Å². The molecule has 0 unspecified atom stereocenters. The molecule has 1 aromatic rings. The molecule has 0 atom stereocenters. The molecule has 0 bridgehead atoms. The van der Waals surface area contributed by atoms with Gasteiger partial charge in [-0.2, -0.15) is 0 Å². The molecule has 6 heteroatoms. The van der Waals surface area contributed by atoms with E-state index in [1.54, 1.807) is 4.68 Å². The molecule has 0 saturated heterocycles. The number of hydrogen-bond acceptors (Lipinski definition) is 4. The fourth-order valence-electron chi connectivity index (χ4n) is 1.44. The summed E-state index contributed by atoms with van der Waals surface area (Å²) in [5.74, 6) is 0.132. The second-order valence-corrected chi connectivity index (χ2v) is 3.98. The third-order valence-electron chi connectivity index (χ3n) is 2.44. The smallest absolute Gasteiger partial charge is 0.219 e. The summed E-state index contributed by atoms with van der Waals surface area (Å²) in [7, 11) is 0. The van der Waals surface area contributed by atoms with Crippen molar-refractivity contribution >= 4 is 5.91 Å². The molecule has 0 aliphatic heterocycles. The molecule has 1 aromatic heterocycles. The molecule has 0 aliphatic carbocycles. The normalized spacial score (nSPS) is 10.5. The summed E-state index contributed by atoms with van der Waals surface area (Å²) in [5, 5.41) is 10.7. The Morgan fingerprint density at radius 1 is 1.53 bits per heavy atom. The SMILES string of the molecule is CCCCC(=O)NCCCn1cc(CN)nn1. The zero-order valence-corrected chi connectivity index (χ0v) is 10.4. The van der Waals surface area contributed by atoms with Crippen LogP contribution in [0.4, 0.5) is 0 Å². The number of nitrogens with two attached hydrogens (primary N) is 1. The van der Waals surface area contributed by atoms with E-state index in [0.717, 1.165) is 31.5 Å². The van der Waals surface area contributed by atoms with Crippen molar-refractivity contribution in [3.63, 3.8) is 0 Å². The zero-order valence-electron chi connectivity index (χ0n) is 10.4. The van der Waals surface area contributed by atoms with Crippen LogP contribution in [-0.4, -0.2) is 27.4 Å². The van der Waals surface area contributed by atoms with Crippen molar-refractivity contribution in [3.05, 3.63) is 11.9 Å². The summed E-state index contributed by atoms with van der Waals surface area (Å²) in [6.07, 6.45) is 5.31. The highest BCUT2D eigenvalue weighted by molar-refractivity contribution is 5.75. The second kappa shape index (κ2) is 7.78. The van der Waals surface area contributed by atoms with Crippen molar-refractivity contribution in [2.75, 3.05) is 6.54 Å². The van der Waals surface area contributed by atoms with Crippen LogP contribution in [0, 0.1) is 0 Å². The Kier molecular flexibility index (Phi) is 6.24. The standard InChI is InChI=1S/C11H21N5O/c1-2-3-5-11(17)13-6-4-7-16-9-10(8-12)14-15-16/h9H,2-8,12H2,1H3,(H,13,17). The number of carbonyl (C=O) groups is 1. The number of aromatic nitrogens is 3. The third-order valence-corrected chi connectivity index (χ3v) is 2.44. The van der Waals surface area contributed by atoms with Gasteiger partial charge in [-0.3, -0.25) is 9.48 Å². The van der Waals surface area contributed by atoms with Crippen LogP contribution in [0.1, 0.15) is 38.3 Å². The van der Waals surface area contributed by atoms with Gasteiger partial charge >= 0.3 is 0 Å². The van der Waals surface area contributed by atoms with Crippen LogP contribution >= 0.6 is 0 Å². The average Bonchev–Trinajstić information content (AvgIpc) is 2.80. The maximum Gasteiger partial charge on any atom is 0.219 e. The van der Waals surface area contributed by atoms with Crippen LogP contribution in [0.3, 0.4) is 0 Å². The van der Waals surface area contributed by atoms with Gasteiger partial charge in [-0.05, 0) is 12.8 Å². The molecule has 6 nitrogen and oxygen atoms in total. The molecule has 96 valence electrons. The minimum absolute atomic E-state index is 0.132. The predicted molar refractivity (Wildman–Crippen MR) is 65.1 cm³/mol. The molecule has 0 fully saturated rings. The maximum absolute atomic E-state index is 11.3. The molecule has 3 N–H and O–H groups in total. The van der Waals surface area contributed by atoms with E-state index in [4.69, 9.17) is 5.73 Å². The molecule has 0 saturated carbocycles. The molecule has 0 aliphatic rings. The van der Waals surface area contributed by atoms with E-state index >= 15 is 0 Å². The van der Waals surface area contributed by atoms with Gasteiger partial charge in [0.1, 0.15) is 0 Å². The number of nitrogens with one attached hydrogen (secondary N) is 1. The Morgan fingerprint density at radius 3 is 3.00 bits per heavy atom. The summed E-state index contributed by atoms with van der Waals surface area (Å²) in [4.78, 5) is 11.3. The van der Waals surface area contributed by atoms with Crippen LogP contribution in [0.15, 0.2) is 6.20 Å². The summed E-state index contributed by atoms with van der Waals surface area (Å²) >= 11 is 0. The lowest BCUT2D eigenvalue weighted by Gasteiger charge is -2.04. The van der Waals surface area contributed by atoms with Gasteiger partial charge in [-0.15, -0.1) is 5.10 Å². The fraction of sp³-hybridized carbons (Fsp3) is 0.727. The Labute approximate surface area is 102 Å². The number of amides is 1. The Bertz CT molecular complexity index is 336. The average molecular weight is 239 g/mol. The summed E-state index contributed by atoms with van der Waals surface area (Å²) < 4.78 is 1.75. The first-order valence-electron chi connectivity index (χ1n) is 6.12. The molecule has 1 rings (SSSR count). The Hall–Kier alpha value is -1.43. The van der Waals surface area contributed by atoms with Crippen LogP contribution in [0.5, 0.6) is 0 Å². The highest BCUT2D eigenvalue weighted by atomic mass is 16.1. The lowest BCUT2D eigenvalue weighted by Crippen LogP contribution is -2.24. The summed E-state index contributed by atoms with van der Waals surface area (Å²) in [6.45, 7) is 3.92. The van der Waals surface area contributed by atoms with Gasteiger partial charge in [-0.25, -0.2) is 0 Å². The van der Waals surface area contributed by atoms with E-state index in [2.05, 4.69) is 22.6 Å². The molecule has 0 radical (unpaired) electrons. The first-order chi connectivity index (χ1) is 8.26. The fourth-order valence-corrected chi connectivity index (χ4v) is 1.44. The minimum Gasteiger partial charge on any atom is -0.356 e. The lowest BCUT2D eigenvalue weighted by atomic mass is 10.2. The van der Waals surface area contributed by atoms with Gasteiger partial charge in [0.25, 0.3) is 0 Å². The van der Waals surface area contributed by atoms with Crippen LogP contribution < -0.4 is 11.1 Å². The molecule has 0 aromatic carbocycles. The molecular weight excluding hydrogens is 218 g/mol. The maximum atomic E-state index is 11.3. The van der Waals surface area contributed by atoms with Crippen molar-refractivity contribution in [1.82, 2.24) is 20.3 Å². The largest absolute Gasteiger partial charge is 0.356 e. The molecule has 17 heavy (non-hydrogen) atoms. The molecule has 0 spiro atoms. The highest BCUT2D eigenvalue weighted by Crippen LogP contribution is 1.95. The van der Waals surface area contributed by atoms with Gasteiger partial charge in [-0.1, -0.05) is 18.6 Å². The topological polar surface area (TPSA) is 85.8 Å². The monoisotopic (exact) mass is 239 g/mol. The molecular formula is C11H21N5O. The van der Waals surface area contributed by atoms with Crippen molar-refractivity contribution < 1.29 is 4.79 Å². The van der Waals surface area contributed by atoms with Gasteiger partial charge in [0, 0.05) is 32.3 Å². The van der Waals surface area contributed by atoms with E-state index in [-0.39, 0.29) is 5.91 Å². The zero-order chi connectivity index (χ0) is 12.5. The Morgan fingerprint density at radius 2 is 2.35 bits per heavy atom. The predicted octanol–water partition coefficient (Wildman–Crippen LogP) is 0.433. The van der Waals surface area contributed by atoms with Gasteiger partial charge in [0.15, 0.2) is 0 Å². The number of unbranched alkanes of at least 4 members (excludes halogenated alkanes) is 1. The van der Waals surface area contributed by atoms with Crippen molar-refractivity contribution in [2.24, 2.45) is 5.73 Å². The van der Waals surface area contributed by atoms with E-state index in [1.807, 2.05) is 6.20 Å². The van der Waals surface area contributed by atoms with Gasteiger partial charge in [0.05, 0.1) is 5.69 Å². The first kappa shape index (κ1) is 13.6. The number of hydrogen-bond donors (Lipinski definition) is 2. The number of aryl methyl sites for hydroxylation is 1. The molecule has 1 amide bonds. The highest BCUT2D eigenvalue weighted by Gasteiger charge is 2.00. The second-order valence-electron chi connectivity index (χ2n) is 3.98. The minimum atomic E-state index is 0.132. The van der Waals surface area contributed by atoms with Crippen LogP contribution in [0.25, 0.3) is 0 Å². The number of carbonyl (C=O) groups excluding carboxylic acids is 1. The van der Waals surface area contributed by atoms with Crippen LogP contribution in [-0.2, 0) is 17.9 Å². The van der Waals surface area contributed by atoms with Crippen molar-refractivity contribution in [3.8, 4) is 0 Å². The summed E-state index contributed by atoms with van der Waals surface area (Å²) in [6, 6.07) is 0. The van der Waals surface area contributed by atoms with Crippen molar-refractivity contribution in [1.29, 1.82) is 0 Å². The van der Waals surface area contributed by atoms with Crippen molar-refractivity contribution in [2.45, 2.75) is 45.7 Å². The quantitative estimate of drug-likeness (QED) is 0.644. The van der Waals surface area contributed by atoms with Crippen LogP contribution in [0.2, 0.25) is 0 Å². The van der Waals surface area contributed by atoms with E-state index in [1.165, 1.54) is 0 Å². The molecule has 1 heterocycles. The van der Waals surface area contributed by atoms with E-state index in [9.17, 15) is 4.79 Å². The first-order valence-corrected chi connectivity index (χ1v) is 6.12. The van der Waals surface area contributed by atoms with E-state index in [0.29, 0.717) is 19.5 Å².